The van der Waals surface area contributed by atoms with Gasteiger partial charge in [-0.1, -0.05) is 19.4 Å². The van der Waals surface area contributed by atoms with Crippen molar-refractivity contribution in [3.05, 3.63) is 23.8 Å². The molecule has 1 unspecified atom stereocenters. The van der Waals surface area contributed by atoms with Crippen LogP contribution in [0.4, 0.5) is 5.69 Å². The van der Waals surface area contributed by atoms with Gasteiger partial charge in [0.05, 0.1) is 5.69 Å². The lowest BCUT2D eigenvalue weighted by Crippen LogP contribution is -2.45. The molecule has 0 saturated heterocycles. The van der Waals surface area contributed by atoms with E-state index in [2.05, 4.69) is 6.92 Å². The van der Waals surface area contributed by atoms with Crippen molar-refractivity contribution in [2.24, 2.45) is 5.73 Å². The van der Waals surface area contributed by atoms with Crippen LogP contribution in [-0.4, -0.2) is 43.5 Å². The molecule has 6 nitrogen and oxygen atoms in total. The molecule has 2 N–H and O–H groups in total. The van der Waals surface area contributed by atoms with Crippen LogP contribution < -0.4 is 15.4 Å². The minimum absolute atomic E-state index is 0.0256. The first-order valence-corrected chi connectivity index (χ1v) is 8.00. The number of hydrogen-bond acceptors (Lipinski definition) is 4. The maximum atomic E-state index is 12.4. The normalized spacial score (nSPS) is 15.0. The molecule has 1 aliphatic heterocycles. The third-order valence-electron chi connectivity index (χ3n) is 4.02. The zero-order valence-electron chi connectivity index (χ0n) is 14.0. The molecule has 0 radical (unpaired) electrons. The fourth-order valence-electron chi connectivity index (χ4n) is 2.45. The Labute approximate surface area is 137 Å². The minimum atomic E-state index is -0.212. The number of amides is 2. The molecule has 0 aliphatic carbocycles. The monoisotopic (exact) mass is 319 g/mol. The van der Waals surface area contributed by atoms with Gasteiger partial charge in [-0.25, -0.2) is 0 Å². The average molecular weight is 319 g/mol. The van der Waals surface area contributed by atoms with Crippen LogP contribution in [0.3, 0.4) is 0 Å². The molecule has 6 heteroatoms. The van der Waals surface area contributed by atoms with Gasteiger partial charge in [-0.15, -0.1) is 0 Å². The highest BCUT2D eigenvalue weighted by Crippen LogP contribution is 2.34. The fraction of sp³-hybridized carbons (Fsp3) is 0.529. The molecule has 126 valence electrons. The number of rotatable bonds is 6. The molecule has 23 heavy (non-hydrogen) atoms. The first kappa shape index (κ1) is 17.3. The second-order valence-corrected chi connectivity index (χ2v) is 5.95. The van der Waals surface area contributed by atoms with Crippen LogP contribution in [0.5, 0.6) is 5.75 Å². The van der Waals surface area contributed by atoms with Crippen molar-refractivity contribution in [1.29, 1.82) is 0 Å². The van der Waals surface area contributed by atoms with Gasteiger partial charge in [-0.3, -0.25) is 14.5 Å². The van der Waals surface area contributed by atoms with Crippen LogP contribution in [-0.2, 0) is 9.59 Å². The number of nitrogens with two attached hydrogens (primary N) is 1. The summed E-state index contributed by atoms with van der Waals surface area (Å²) < 4.78 is 5.45. The summed E-state index contributed by atoms with van der Waals surface area (Å²) in [5, 5.41) is 0. The lowest BCUT2D eigenvalue weighted by Gasteiger charge is -2.31. The van der Waals surface area contributed by atoms with Crippen molar-refractivity contribution in [2.75, 3.05) is 31.6 Å². The molecular weight excluding hydrogens is 294 g/mol. The summed E-state index contributed by atoms with van der Waals surface area (Å²) in [5.74, 6) is 0.320. The second kappa shape index (κ2) is 7.46. The summed E-state index contributed by atoms with van der Waals surface area (Å²) in [4.78, 5) is 27.7. The molecule has 0 aromatic heterocycles. The first-order chi connectivity index (χ1) is 10.9. The SMILES string of the molecule is CCCCN(C)C(=O)CN1C(=O)COc2ccc(C(C)N)cc21. The van der Waals surface area contributed by atoms with E-state index in [1.54, 1.807) is 18.0 Å². The second-order valence-electron chi connectivity index (χ2n) is 5.95. The molecule has 0 bridgehead atoms. The third kappa shape index (κ3) is 4.01. The summed E-state index contributed by atoms with van der Waals surface area (Å²) in [6.45, 7) is 4.63. The molecule has 2 amide bonds. The van der Waals surface area contributed by atoms with Gasteiger partial charge in [0.1, 0.15) is 12.3 Å². The lowest BCUT2D eigenvalue weighted by molar-refractivity contribution is -0.131. The van der Waals surface area contributed by atoms with E-state index in [9.17, 15) is 9.59 Å². The number of carbonyl (C=O) groups is 2. The van der Waals surface area contributed by atoms with Crippen LogP contribution in [0.25, 0.3) is 0 Å². The Morgan fingerprint density at radius 2 is 2.22 bits per heavy atom. The van der Waals surface area contributed by atoms with E-state index < -0.39 is 0 Å². The number of fused-ring (bicyclic) bond motifs is 1. The summed E-state index contributed by atoms with van der Waals surface area (Å²) in [5.41, 5.74) is 7.43. The molecule has 1 aromatic rings. The van der Waals surface area contributed by atoms with E-state index >= 15 is 0 Å². The van der Waals surface area contributed by atoms with Crippen molar-refractivity contribution < 1.29 is 14.3 Å². The van der Waals surface area contributed by atoms with Crippen LogP contribution in [0.1, 0.15) is 38.3 Å². The Kier molecular flexibility index (Phi) is 5.60. The number of benzene rings is 1. The zero-order chi connectivity index (χ0) is 17.0. The quantitative estimate of drug-likeness (QED) is 0.866. The lowest BCUT2D eigenvalue weighted by atomic mass is 10.1. The smallest absolute Gasteiger partial charge is 0.265 e. The van der Waals surface area contributed by atoms with Gasteiger partial charge in [0, 0.05) is 19.6 Å². The van der Waals surface area contributed by atoms with E-state index in [1.165, 1.54) is 4.90 Å². The van der Waals surface area contributed by atoms with Crippen molar-refractivity contribution in [2.45, 2.75) is 32.7 Å². The molecule has 2 rings (SSSR count). The fourth-order valence-corrected chi connectivity index (χ4v) is 2.45. The highest BCUT2D eigenvalue weighted by Gasteiger charge is 2.28. The Balaban J connectivity index is 2.20. The topological polar surface area (TPSA) is 75.9 Å². The van der Waals surface area contributed by atoms with Crippen LogP contribution in [0.2, 0.25) is 0 Å². The van der Waals surface area contributed by atoms with Crippen molar-refractivity contribution >= 4 is 17.5 Å². The standard InChI is InChI=1S/C17H25N3O3/c1-4-5-8-19(3)16(21)10-20-14-9-13(12(2)18)6-7-15(14)23-11-17(20)22/h6-7,9,12H,4-5,8,10-11,18H2,1-3H3. The van der Waals surface area contributed by atoms with E-state index in [-0.39, 0.29) is 31.0 Å². The van der Waals surface area contributed by atoms with Crippen LogP contribution in [0, 0.1) is 0 Å². The van der Waals surface area contributed by atoms with Gasteiger partial charge >= 0.3 is 0 Å². The Morgan fingerprint density at radius 3 is 2.87 bits per heavy atom. The first-order valence-electron chi connectivity index (χ1n) is 8.00. The van der Waals surface area contributed by atoms with Gasteiger partial charge < -0.3 is 15.4 Å². The molecule has 0 saturated carbocycles. The number of carbonyl (C=O) groups excluding carboxylic acids is 2. The number of anilines is 1. The molecule has 1 aromatic carbocycles. The van der Waals surface area contributed by atoms with Gasteiger partial charge in [-0.05, 0) is 31.0 Å². The number of unbranched alkanes of at least 4 members (excludes halogenated alkanes) is 1. The molecule has 1 atom stereocenters. The van der Waals surface area contributed by atoms with Gasteiger partial charge in [0.25, 0.3) is 5.91 Å². The molecule has 1 aliphatic rings. The highest BCUT2D eigenvalue weighted by atomic mass is 16.5. The number of hydrogen-bond donors (Lipinski definition) is 1. The van der Waals surface area contributed by atoms with E-state index in [0.29, 0.717) is 18.0 Å². The number of ether oxygens (including phenoxy) is 1. The maximum Gasteiger partial charge on any atom is 0.265 e. The molecule has 1 heterocycles. The van der Waals surface area contributed by atoms with Crippen molar-refractivity contribution in [3.63, 3.8) is 0 Å². The van der Waals surface area contributed by atoms with Crippen molar-refractivity contribution in [1.82, 2.24) is 4.90 Å². The maximum absolute atomic E-state index is 12.4. The largest absolute Gasteiger partial charge is 0.482 e. The molecule has 0 spiro atoms. The van der Waals surface area contributed by atoms with Gasteiger partial charge in [-0.2, -0.15) is 0 Å². The van der Waals surface area contributed by atoms with Gasteiger partial charge in [0.15, 0.2) is 6.61 Å². The summed E-state index contributed by atoms with van der Waals surface area (Å²) >= 11 is 0. The minimum Gasteiger partial charge on any atom is -0.482 e. The number of nitrogens with zero attached hydrogens (tertiary/aromatic N) is 2. The van der Waals surface area contributed by atoms with E-state index in [1.807, 2.05) is 19.1 Å². The summed E-state index contributed by atoms with van der Waals surface area (Å²) in [7, 11) is 1.77. The molecule has 0 fully saturated rings. The van der Waals surface area contributed by atoms with E-state index in [0.717, 1.165) is 18.4 Å². The number of likely N-dealkylation sites (N-methyl/N-ethyl adjacent to an activating group) is 1. The third-order valence-corrected chi connectivity index (χ3v) is 4.02. The van der Waals surface area contributed by atoms with Crippen molar-refractivity contribution in [3.8, 4) is 5.75 Å². The zero-order valence-corrected chi connectivity index (χ0v) is 14.0. The Hall–Kier alpha value is -2.08. The average Bonchev–Trinajstić information content (AvgIpc) is 2.54. The van der Waals surface area contributed by atoms with E-state index in [4.69, 9.17) is 10.5 Å². The van der Waals surface area contributed by atoms with Crippen LogP contribution in [0.15, 0.2) is 18.2 Å². The van der Waals surface area contributed by atoms with Gasteiger partial charge in [0.2, 0.25) is 5.91 Å². The predicted molar refractivity (Wildman–Crippen MR) is 89.4 cm³/mol. The van der Waals surface area contributed by atoms with Crippen LogP contribution >= 0.6 is 0 Å². The highest BCUT2D eigenvalue weighted by molar-refractivity contribution is 6.02. The summed E-state index contributed by atoms with van der Waals surface area (Å²) in [6, 6.07) is 5.36. The Morgan fingerprint density at radius 1 is 1.48 bits per heavy atom. The molecular formula is C17H25N3O3. The summed E-state index contributed by atoms with van der Waals surface area (Å²) in [6.07, 6.45) is 1.97. The predicted octanol–water partition coefficient (Wildman–Crippen LogP) is 1.69. The Bertz CT molecular complexity index is 586.